The third kappa shape index (κ3) is 3.20. The van der Waals surface area contributed by atoms with E-state index in [1.807, 2.05) is 24.3 Å². The molecule has 0 spiro atoms. The molecule has 1 aliphatic heterocycles. The minimum absolute atomic E-state index is 0.535. The highest BCUT2D eigenvalue weighted by Crippen LogP contribution is 2.23. The molecule has 1 aliphatic rings. The number of nitrogens with zero attached hydrogens (tertiary/aromatic N) is 3. The maximum absolute atomic E-state index is 8.93. The van der Waals surface area contributed by atoms with Crippen molar-refractivity contribution < 1.29 is 5.21 Å². The summed E-state index contributed by atoms with van der Waals surface area (Å²) >= 11 is 0. The van der Waals surface area contributed by atoms with Crippen LogP contribution >= 0.6 is 0 Å². The van der Waals surface area contributed by atoms with E-state index >= 15 is 0 Å². The SMILES string of the molecule is CC(=NO)c1ccccc1N=C1CCN(C)C(C)C1. The van der Waals surface area contributed by atoms with Crippen LogP contribution in [-0.4, -0.2) is 41.2 Å². The van der Waals surface area contributed by atoms with Crippen molar-refractivity contribution in [3.8, 4) is 0 Å². The summed E-state index contributed by atoms with van der Waals surface area (Å²) in [6.07, 6.45) is 2.00. The first-order valence-electron chi connectivity index (χ1n) is 6.66. The molecule has 1 aromatic carbocycles. The fraction of sp³-hybridized carbons (Fsp3) is 0.467. The minimum Gasteiger partial charge on any atom is -0.411 e. The minimum atomic E-state index is 0.535. The van der Waals surface area contributed by atoms with Gasteiger partial charge in [0, 0.05) is 30.3 Å². The topological polar surface area (TPSA) is 48.2 Å². The van der Waals surface area contributed by atoms with E-state index in [0.717, 1.165) is 30.6 Å². The van der Waals surface area contributed by atoms with E-state index in [9.17, 15) is 0 Å². The van der Waals surface area contributed by atoms with E-state index in [0.29, 0.717) is 11.8 Å². The second kappa shape index (κ2) is 5.97. The zero-order valence-electron chi connectivity index (χ0n) is 11.8. The van der Waals surface area contributed by atoms with Crippen LogP contribution in [-0.2, 0) is 0 Å². The van der Waals surface area contributed by atoms with Gasteiger partial charge < -0.3 is 10.1 Å². The largest absolute Gasteiger partial charge is 0.411 e. The Bertz CT molecular complexity index is 508. The first-order chi connectivity index (χ1) is 9.11. The predicted octanol–water partition coefficient (Wildman–Crippen LogP) is 3.07. The highest BCUT2D eigenvalue weighted by atomic mass is 16.4. The molecule has 1 saturated heterocycles. The van der Waals surface area contributed by atoms with Crippen molar-refractivity contribution in [3.05, 3.63) is 29.8 Å². The number of rotatable bonds is 2. The lowest BCUT2D eigenvalue weighted by atomic mass is 10.0. The van der Waals surface area contributed by atoms with Crippen molar-refractivity contribution in [1.29, 1.82) is 0 Å². The van der Waals surface area contributed by atoms with Crippen LogP contribution in [0.5, 0.6) is 0 Å². The molecular weight excluding hydrogens is 238 g/mol. The molecule has 1 heterocycles. The molecule has 0 amide bonds. The highest BCUT2D eigenvalue weighted by Gasteiger charge is 2.19. The van der Waals surface area contributed by atoms with E-state index in [1.54, 1.807) is 6.92 Å². The smallest absolute Gasteiger partial charge is 0.0858 e. The van der Waals surface area contributed by atoms with Crippen LogP contribution in [0.15, 0.2) is 34.4 Å². The molecular formula is C15H21N3O. The number of benzene rings is 1. The first kappa shape index (κ1) is 13.7. The van der Waals surface area contributed by atoms with Gasteiger partial charge in [-0.3, -0.25) is 4.99 Å². The standard InChI is InChI=1S/C15H21N3O/c1-11-10-13(8-9-18(11)3)16-15-7-5-4-6-14(15)12(2)17-19/h4-7,11,19H,8-10H2,1-3H3. The molecule has 1 atom stereocenters. The highest BCUT2D eigenvalue weighted by molar-refractivity contribution is 6.03. The van der Waals surface area contributed by atoms with Gasteiger partial charge in [0.1, 0.15) is 0 Å². The van der Waals surface area contributed by atoms with Gasteiger partial charge in [-0.05, 0) is 33.4 Å². The monoisotopic (exact) mass is 259 g/mol. The van der Waals surface area contributed by atoms with Gasteiger partial charge in [0.2, 0.25) is 0 Å². The van der Waals surface area contributed by atoms with Gasteiger partial charge >= 0.3 is 0 Å². The molecule has 2 rings (SSSR count). The number of hydrogen-bond acceptors (Lipinski definition) is 4. The lowest BCUT2D eigenvalue weighted by Gasteiger charge is -2.30. The maximum atomic E-state index is 8.93. The first-order valence-corrected chi connectivity index (χ1v) is 6.66. The number of piperidine rings is 1. The predicted molar refractivity (Wildman–Crippen MR) is 78.9 cm³/mol. The van der Waals surface area contributed by atoms with Gasteiger partial charge in [0.25, 0.3) is 0 Å². The van der Waals surface area contributed by atoms with E-state index < -0.39 is 0 Å². The third-order valence-electron chi connectivity index (χ3n) is 3.76. The van der Waals surface area contributed by atoms with Crippen LogP contribution in [0.2, 0.25) is 0 Å². The summed E-state index contributed by atoms with van der Waals surface area (Å²) in [5.74, 6) is 0. The van der Waals surface area contributed by atoms with E-state index in [4.69, 9.17) is 10.2 Å². The molecule has 4 nitrogen and oxygen atoms in total. The van der Waals surface area contributed by atoms with Gasteiger partial charge in [0.15, 0.2) is 0 Å². The van der Waals surface area contributed by atoms with E-state index in [1.165, 1.54) is 5.71 Å². The Labute approximate surface area is 114 Å². The summed E-state index contributed by atoms with van der Waals surface area (Å²) in [5, 5.41) is 12.2. The van der Waals surface area contributed by atoms with Crippen LogP contribution in [0.25, 0.3) is 0 Å². The third-order valence-corrected chi connectivity index (χ3v) is 3.76. The van der Waals surface area contributed by atoms with Crippen molar-refractivity contribution in [2.24, 2.45) is 10.1 Å². The quantitative estimate of drug-likeness (QED) is 0.504. The van der Waals surface area contributed by atoms with Crippen LogP contribution in [0.4, 0.5) is 5.69 Å². The zero-order chi connectivity index (χ0) is 13.8. The fourth-order valence-corrected chi connectivity index (χ4v) is 2.33. The van der Waals surface area contributed by atoms with Gasteiger partial charge in [-0.15, -0.1) is 0 Å². The molecule has 0 aliphatic carbocycles. The van der Waals surface area contributed by atoms with Gasteiger partial charge in [-0.1, -0.05) is 23.4 Å². The molecule has 1 unspecified atom stereocenters. The Morgan fingerprint density at radius 2 is 2.11 bits per heavy atom. The lowest BCUT2D eigenvalue weighted by Crippen LogP contribution is -2.37. The zero-order valence-corrected chi connectivity index (χ0v) is 11.8. The van der Waals surface area contributed by atoms with E-state index in [2.05, 4.69) is 24.0 Å². The molecule has 0 radical (unpaired) electrons. The summed E-state index contributed by atoms with van der Waals surface area (Å²) in [6.45, 7) is 5.06. The Morgan fingerprint density at radius 1 is 1.37 bits per heavy atom. The number of likely N-dealkylation sites (tertiary alicyclic amines) is 1. The van der Waals surface area contributed by atoms with Crippen LogP contribution in [0, 0.1) is 0 Å². The molecule has 0 aromatic heterocycles. The molecule has 4 heteroatoms. The van der Waals surface area contributed by atoms with Crippen molar-refractivity contribution in [3.63, 3.8) is 0 Å². The fourth-order valence-electron chi connectivity index (χ4n) is 2.33. The maximum Gasteiger partial charge on any atom is 0.0858 e. The lowest BCUT2D eigenvalue weighted by molar-refractivity contribution is 0.253. The molecule has 0 saturated carbocycles. The van der Waals surface area contributed by atoms with Gasteiger partial charge in [0.05, 0.1) is 11.4 Å². The molecule has 1 aromatic rings. The van der Waals surface area contributed by atoms with Crippen molar-refractivity contribution in [2.45, 2.75) is 32.7 Å². The summed E-state index contributed by atoms with van der Waals surface area (Å²) < 4.78 is 0. The average molecular weight is 259 g/mol. The number of para-hydroxylation sites is 1. The molecule has 1 N–H and O–H groups in total. The molecule has 19 heavy (non-hydrogen) atoms. The van der Waals surface area contributed by atoms with Crippen molar-refractivity contribution in [2.75, 3.05) is 13.6 Å². The van der Waals surface area contributed by atoms with Crippen LogP contribution < -0.4 is 0 Å². The Balaban J connectivity index is 2.28. The molecule has 102 valence electrons. The van der Waals surface area contributed by atoms with Gasteiger partial charge in [-0.2, -0.15) is 0 Å². The number of oxime groups is 1. The molecule has 1 fully saturated rings. The Hall–Kier alpha value is -1.68. The number of hydrogen-bond donors (Lipinski definition) is 1. The average Bonchev–Trinajstić information content (AvgIpc) is 2.43. The number of aliphatic imine (C=N–C) groups is 1. The van der Waals surface area contributed by atoms with Crippen molar-refractivity contribution in [1.82, 2.24) is 4.90 Å². The van der Waals surface area contributed by atoms with Gasteiger partial charge in [-0.25, -0.2) is 0 Å². The van der Waals surface area contributed by atoms with Crippen LogP contribution in [0.1, 0.15) is 32.3 Å². The van der Waals surface area contributed by atoms with Crippen LogP contribution in [0.3, 0.4) is 0 Å². The summed E-state index contributed by atoms with van der Waals surface area (Å²) in [6, 6.07) is 8.34. The van der Waals surface area contributed by atoms with Crippen molar-refractivity contribution >= 4 is 17.1 Å². The Morgan fingerprint density at radius 3 is 2.79 bits per heavy atom. The summed E-state index contributed by atoms with van der Waals surface area (Å²) in [4.78, 5) is 7.12. The Kier molecular flexibility index (Phi) is 4.32. The van der Waals surface area contributed by atoms with E-state index in [-0.39, 0.29) is 0 Å². The second-order valence-electron chi connectivity index (χ2n) is 5.16. The second-order valence-corrected chi connectivity index (χ2v) is 5.16. The summed E-state index contributed by atoms with van der Waals surface area (Å²) in [7, 11) is 2.15. The summed E-state index contributed by atoms with van der Waals surface area (Å²) in [5.41, 5.74) is 3.61. The normalized spacial score (nSPS) is 23.8. The molecule has 0 bridgehead atoms.